The molecular formula is C6HBrCl2FI. The van der Waals surface area contributed by atoms with Crippen LogP contribution >= 0.6 is 61.7 Å². The lowest BCUT2D eigenvalue weighted by molar-refractivity contribution is 0.620. The van der Waals surface area contributed by atoms with Gasteiger partial charge >= 0.3 is 0 Å². The fourth-order valence-corrected chi connectivity index (χ4v) is 2.08. The molecule has 0 saturated heterocycles. The van der Waals surface area contributed by atoms with Crippen LogP contribution in [0.1, 0.15) is 0 Å². The molecule has 0 spiro atoms. The van der Waals surface area contributed by atoms with Crippen LogP contribution in [0.25, 0.3) is 0 Å². The Balaban J connectivity index is 3.46. The second kappa shape index (κ2) is 3.77. The van der Waals surface area contributed by atoms with Crippen molar-refractivity contribution in [3.8, 4) is 0 Å². The Morgan fingerprint density at radius 3 is 2.55 bits per heavy atom. The van der Waals surface area contributed by atoms with Crippen molar-refractivity contribution in [2.45, 2.75) is 0 Å². The summed E-state index contributed by atoms with van der Waals surface area (Å²) in [5.41, 5.74) is 0. The molecule has 11 heavy (non-hydrogen) atoms. The van der Waals surface area contributed by atoms with Crippen LogP contribution in [0.15, 0.2) is 10.5 Å². The highest BCUT2D eigenvalue weighted by Crippen LogP contribution is 2.35. The number of benzene rings is 1. The molecule has 0 aliphatic rings. The third-order valence-electron chi connectivity index (χ3n) is 1.06. The maximum absolute atomic E-state index is 12.8. The maximum Gasteiger partial charge on any atom is 0.139 e. The summed E-state index contributed by atoms with van der Waals surface area (Å²) in [4.78, 5) is 0. The van der Waals surface area contributed by atoms with E-state index in [9.17, 15) is 4.39 Å². The third kappa shape index (κ3) is 1.99. The fraction of sp³-hybridized carbons (Fsp3) is 0. The molecule has 1 aromatic rings. The number of rotatable bonds is 0. The van der Waals surface area contributed by atoms with Crippen LogP contribution < -0.4 is 0 Å². The van der Waals surface area contributed by atoms with E-state index >= 15 is 0 Å². The van der Waals surface area contributed by atoms with E-state index in [1.54, 1.807) is 0 Å². The first-order chi connectivity index (χ1) is 5.04. The Labute approximate surface area is 95.3 Å². The van der Waals surface area contributed by atoms with Gasteiger partial charge in [-0.2, -0.15) is 0 Å². The molecule has 0 aromatic heterocycles. The second-order valence-corrected chi connectivity index (χ2v) is 4.44. The summed E-state index contributed by atoms with van der Waals surface area (Å²) in [6, 6.07) is 1.22. The van der Waals surface area contributed by atoms with Gasteiger partial charge in [0.1, 0.15) is 5.82 Å². The standard InChI is InChI=1S/C6HBrCl2FI/c7-4-2(8)1-3(10)6(11)5(4)9/h1H. The van der Waals surface area contributed by atoms with Gasteiger partial charge in [0.2, 0.25) is 0 Å². The topological polar surface area (TPSA) is 0 Å². The number of hydrogen-bond acceptors (Lipinski definition) is 0. The van der Waals surface area contributed by atoms with Gasteiger partial charge in [0, 0.05) is 0 Å². The Morgan fingerprint density at radius 1 is 1.45 bits per heavy atom. The third-order valence-corrected chi connectivity index (χ3v) is 4.39. The Kier molecular flexibility index (Phi) is 3.43. The van der Waals surface area contributed by atoms with Crippen molar-refractivity contribution < 1.29 is 4.39 Å². The van der Waals surface area contributed by atoms with Gasteiger partial charge in [0.25, 0.3) is 0 Å². The van der Waals surface area contributed by atoms with Gasteiger partial charge in [-0.05, 0) is 44.6 Å². The van der Waals surface area contributed by atoms with Crippen molar-refractivity contribution in [2.75, 3.05) is 0 Å². The van der Waals surface area contributed by atoms with Crippen molar-refractivity contribution in [3.05, 3.63) is 30.0 Å². The van der Waals surface area contributed by atoms with Gasteiger partial charge in [-0.1, -0.05) is 23.2 Å². The van der Waals surface area contributed by atoms with Gasteiger partial charge in [-0.3, -0.25) is 0 Å². The molecule has 0 heterocycles. The summed E-state index contributed by atoms with van der Waals surface area (Å²) >= 11 is 16.3. The molecule has 0 radical (unpaired) electrons. The Hall–Kier alpha value is 0.940. The van der Waals surface area contributed by atoms with Crippen LogP contribution in [0.2, 0.25) is 10.0 Å². The van der Waals surface area contributed by atoms with Crippen LogP contribution in [0.5, 0.6) is 0 Å². The van der Waals surface area contributed by atoms with Crippen molar-refractivity contribution >= 4 is 61.7 Å². The van der Waals surface area contributed by atoms with Gasteiger partial charge < -0.3 is 0 Å². The van der Waals surface area contributed by atoms with E-state index in [4.69, 9.17) is 23.2 Å². The van der Waals surface area contributed by atoms with Gasteiger partial charge in [-0.25, -0.2) is 4.39 Å². The first-order valence-electron chi connectivity index (χ1n) is 2.52. The molecule has 0 aliphatic heterocycles. The molecule has 0 atom stereocenters. The highest BCUT2D eigenvalue weighted by atomic mass is 127. The molecule has 0 fully saturated rings. The maximum atomic E-state index is 12.8. The van der Waals surface area contributed by atoms with Gasteiger partial charge in [0.05, 0.1) is 18.1 Å². The molecule has 0 aliphatic carbocycles. The van der Waals surface area contributed by atoms with E-state index in [2.05, 4.69) is 15.9 Å². The van der Waals surface area contributed by atoms with Crippen LogP contribution in [-0.4, -0.2) is 0 Å². The van der Waals surface area contributed by atoms with E-state index in [1.165, 1.54) is 6.07 Å². The molecular weight excluding hydrogens is 369 g/mol. The van der Waals surface area contributed by atoms with E-state index in [0.29, 0.717) is 13.1 Å². The Bertz CT molecular complexity index is 277. The van der Waals surface area contributed by atoms with Crippen molar-refractivity contribution in [1.29, 1.82) is 0 Å². The molecule has 1 aromatic carbocycles. The lowest BCUT2D eigenvalue weighted by Gasteiger charge is -2.02. The van der Waals surface area contributed by atoms with Gasteiger partial charge in [-0.15, -0.1) is 0 Å². The molecule has 0 bridgehead atoms. The molecule has 1 rings (SSSR count). The minimum Gasteiger partial charge on any atom is -0.206 e. The highest BCUT2D eigenvalue weighted by Gasteiger charge is 2.11. The number of halogens is 5. The van der Waals surface area contributed by atoms with Crippen molar-refractivity contribution in [1.82, 2.24) is 0 Å². The quantitative estimate of drug-likeness (QED) is 0.359. The summed E-state index contributed by atoms with van der Waals surface area (Å²) in [5, 5.41) is 0.600. The normalized spacial score (nSPS) is 10.3. The largest absolute Gasteiger partial charge is 0.206 e. The number of hydrogen-bond donors (Lipinski definition) is 0. The second-order valence-electron chi connectivity index (χ2n) is 1.78. The zero-order chi connectivity index (χ0) is 8.59. The van der Waals surface area contributed by atoms with Crippen molar-refractivity contribution in [3.63, 3.8) is 0 Å². The van der Waals surface area contributed by atoms with E-state index < -0.39 is 5.82 Å². The molecule has 60 valence electrons. The van der Waals surface area contributed by atoms with E-state index in [0.717, 1.165) is 0 Å². The minimum atomic E-state index is -0.399. The summed E-state index contributed by atoms with van der Waals surface area (Å²) in [6.45, 7) is 0. The van der Waals surface area contributed by atoms with Gasteiger partial charge in [0.15, 0.2) is 0 Å². The van der Waals surface area contributed by atoms with Crippen LogP contribution in [0, 0.1) is 9.39 Å². The molecule has 0 amide bonds. The van der Waals surface area contributed by atoms with Crippen LogP contribution in [-0.2, 0) is 0 Å². The molecule has 5 heteroatoms. The molecule has 0 N–H and O–H groups in total. The zero-order valence-corrected chi connectivity index (χ0v) is 10.2. The fourth-order valence-electron chi connectivity index (χ4n) is 0.544. The van der Waals surface area contributed by atoms with E-state index in [1.807, 2.05) is 22.6 Å². The SMILES string of the molecule is Fc1cc(Cl)c(Br)c(Cl)c1I. The van der Waals surface area contributed by atoms with Crippen LogP contribution in [0.3, 0.4) is 0 Å². The van der Waals surface area contributed by atoms with E-state index in [-0.39, 0.29) is 5.02 Å². The average Bonchev–Trinajstić information content (AvgIpc) is 1.97. The predicted molar refractivity (Wildman–Crippen MR) is 56.8 cm³/mol. The smallest absolute Gasteiger partial charge is 0.139 e. The molecule has 0 unspecified atom stereocenters. The average molecular weight is 370 g/mol. The van der Waals surface area contributed by atoms with Crippen LogP contribution in [0.4, 0.5) is 4.39 Å². The lowest BCUT2D eigenvalue weighted by atomic mass is 10.3. The Morgan fingerprint density at radius 2 is 2.00 bits per heavy atom. The zero-order valence-electron chi connectivity index (χ0n) is 4.97. The summed E-state index contributed by atoms with van der Waals surface area (Å²) in [6.07, 6.45) is 0. The predicted octanol–water partition coefficient (Wildman–Crippen LogP) is 4.50. The minimum absolute atomic E-state index is 0.285. The monoisotopic (exact) mass is 368 g/mol. The summed E-state index contributed by atoms with van der Waals surface area (Å²) in [7, 11) is 0. The lowest BCUT2D eigenvalue weighted by Crippen LogP contribution is -1.84. The molecule has 0 saturated carbocycles. The first kappa shape index (κ1) is 10.0. The highest BCUT2D eigenvalue weighted by molar-refractivity contribution is 14.1. The molecule has 0 nitrogen and oxygen atoms in total. The summed E-state index contributed by atoms with van der Waals surface area (Å²) in [5.74, 6) is -0.399. The first-order valence-corrected chi connectivity index (χ1v) is 5.15. The van der Waals surface area contributed by atoms with Crippen molar-refractivity contribution in [2.24, 2.45) is 0 Å². The summed E-state index contributed by atoms with van der Waals surface area (Å²) < 4.78 is 13.7.